The first-order valence-corrected chi connectivity index (χ1v) is 15.7. The molecule has 10 nitrogen and oxygen atoms in total. The zero-order chi connectivity index (χ0) is 31.9. The van der Waals surface area contributed by atoms with Gasteiger partial charge in [-0.3, -0.25) is 33.8 Å². The predicted molar refractivity (Wildman–Crippen MR) is 163 cm³/mol. The normalized spacial score (nSPS) is 31.0. The maximum atomic E-state index is 14.2. The highest BCUT2D eigenvalue weighted by molar-refractivity contribution is 9.09. The molecule has 0 spiro atoms. The number of hydrogen-bond acceptors (Lipinski definition) is 8. The largest absolute Gasteiger partial charge is 0.508 e. The lowest BCUT2D eigenvalue weighted by molar-refractivity contribution is -0.138. The van der Waals surface area contributed by atoms with E-state index in [9.17, 15) is 29.1 Å². The lowest BCUT2D eigenvalue weighted by Crippen LogP contribution is -2.60. The molecule has 2 aromatic carbocycles. The molecule has 44 heavy (non-hydrogen) atoms. The first-order chi connectivity index (χ1) is 20.8. The summed E-state index contributed by atoms with van der Waals surface area (Å²) < 4.78 is 11.3. The third kappa shape index (κ3) is 3.94. The van der Waals surface area contributed by atoms with Crippen LogP contribution in [0.2, 0.25) is 0 Å². The number of alkyl halides is 3. The van der Waals surface area contributed by atoms with Gasteiger partial charge in [-0.25, -0.2) is 0 Å². The quantitative estimate of drug-likeness (QED) is 0.153. The van der Waals surface area contributed by atoms with Crippen LogP contribution in [0.1, 0.15) is 41.6 Å². The maximum Gasteiger partial charge on any atom is 0.254 e. The number of benzene rings is 2. The molecule has 2 saturated heterocycles. The van der Waals surface area contributed by atoms with Crippen LogP contribution in [0.4, 0.5) is 5.69 Å². The molecule has 1 saturated carbocycles. The molecule has 0 aromatic heterocycles. The molecular weight excluding hydrogens is 679 g/mol. The van der Waals surface area contributed by atoms with Crippen LogP contribution in [0.5, 0.6) is 17.2 Å². The van der Waals surface area contributed by atoms with E-state index in [-0.39, 0.29) is 46.9 Å². The number of ketones is 1. The summed E-state index contributed by atoms with van der Waals surface area (Å²) in [6.07, 6.45) is 1.77. The van der Waals surface area contributed by atoms with Gasteiger partial charge in [0.1, 0.15) is 17.2 Å². The Morgan fingerprint density at radius 3 is 2.16 bits per heavy atom. The molecule has 0 unspecified atom stereocenters. The monoisotopic (exact) mass is 704 g/mol. The van der Waals surface area contributed by atoms with Gasteiger partial charge in [0.15, 0.2) is 15.5 Å². The van der Waals surface area contributed by atoms with Crippen LogP contribution in [0.15, 0.2) is 48.0 Å². The van der Waals surface area contributed by atoms with Crippen molar-refractivity contribution >= 4 is 74.2 Å². The van der Waals surface area contributed by atoms with E-state index in [4.69, 9.17) is 32.7 Å². The topological polar surface area (TPSA) is 131 Å². The molecule has 4 aliphatic rings. The molecule has 2 aromatic rings. The lowest BCUT2D eigenvalue weighted by Gasteiger charge is -2.51. The molecule has 3 fully saturated rings. The van der Waals surface area contributed by atoms with Gasteiger partial charge in [-0.1, -0.05) is 27.6 Å². The van der Waals surface area contributed by atoms with Crippen LogP contribution in [0.25, 0.3) is 0 Å². The van der Waals surface area contributed by atoms with Gasteiger partial charge in [0, 0.05) is 29.2 Å². The van der Waals surface area contributed by atoms with E-state index in [0.717, 1.165) is 9.80 Å². The van der Waals surface area contributed by atoms with E-state index in [1.165, 1.54) is 33.3 Å². The van der Waals surface area contributed by atoms with Crippen molar-refractivity contribution in [1.82, 2.24) is 4.90 Å². The second kappa shape index (κ2) is 10.6. The number of nitrogens with zero attached hydrogens (tertiary/aromatic N) is 2. The van der Waals surface area contributed by atoms with Crippen LogP contribution in [-0.2, 0) is 19.2 Å². The second-order valence-electron chi connectivity index (χ2n) is 11.4. The van der Waals surface area contributed by atoms with E-state index >= 15 is 0 Å². The predicted octanol–water partition coefficient (Wildman–Crippen LogP) is 4.53. The summed E-state index contributed by atoms with van der Waals surface area (Å²) in [6, 6.07) is 8.88. The maximum absolute atomic E-state index is 14.2. The fraction of sp³-hybridized carbons (Fsp3) is 0.387. The molecule has 6 atom stereocenters. The van der Waals surface area contributed by atoms with E-state index in [0.29, 0.717) is 16.8 Å². The molecule has 0 radical (unpaired) electrons. The number of rotatable bonds is 6. The number of ether oxygens (including phenoxy) is 2. The minimum Gasteiger partial charge on any atom is -0.508 e. The average Bonchev–Trinajstić information content (AvgIpc) is 3.34. The van der Waals surface area contributed by atoms with Crippen molar-refractivity contribution in [2.24, 2.45) is 17.8 Å². The van der Waals surface area contributed by atoms with Crippen LogP contribution in [0.3, 0.4) is 0 Å². The number of phenolic OH excluding ortho intramolecular Hbond substituents is 1. The molecule has 2 aliphatic carbocycles. The Morgan fingerprint density at radius 1 is 1.00 bits per heavy atom. The summed E-state index contributed by atoms with van der Waals surface area (Å²) in [6.45, 7) is 1.42. The van der Waals surface area contributed by atoms with Crippen molar-refractivity contribution in [3.63, 3.8) is 0 Å². The van der Waals surface area contributed by atoms with Crippen molar-refractivity contribution in [3.05, 3.63) is 59.2 Å². The molecular formula is C31H27BrCl2N2O8. The SMILES string of the molecule is COc1cc(O)cc(OC)c1[C@H]1C2=CC[C@@H]3C(=O)N(c4ccc(C(C)=O)cc4)C(=O)[C@@H]3[C@@H]2C[C@@]2(Cl)C(=O)N(CBr)C(=O)[C@@]12Cl. The average molecular weight is 706 g/mol. The number of carbonyl (C=O) groups is 5. The first kappa shape index (κ1) is 30.6. The number of carbonyl (C=O) groups excluding carboxylic acids is 5. The Bertz CT molecular complexity index is 1650. The van der Waals surface area contributed by atoms with E-state index in [1.54, 1.807) is 30.3 Å². The molecule has 2 aliphatic heterocycles. The second-order valence-corrected chi connectivity index (χ2v) is 13.1. The summed E-state index contributed by atoms with van der Waals surface area (Å²) in [5.74, 6) is -6.00. The molecule has 2 heterocycles. The number of hydrogen-bond donors (Lipinski definition) is 1. The Labute approximate surface area is 271 Å². The van der Waals surface area contributed by atoms with Crippen LogP contribution < -0.4 is 14.4 Å². The lowest BCUT2D eigenvalue weighted by atomic mass is 9.56. The van der Waals surface area contributed by atoms with Gasteiger partial charge >= 0.3 is 0 Å². The third-order valence-electron chi connectivity index (χ3n) is 9.36. The zero-order valence-corrected chi connectivity index (χ0v) is 26.9. The summed E-state index contributed by atoms with van der Waals surface area (Å²) in [5, 5.41) is 10.4. The Morgan fingerprint density at radius 2 is 1.61 bits per heavy atom. The molecule has 6 rings (SSSR count). The Balaban J connectivity index is 1.54. The van der Waals surface area contributed by atoms with Gasteiger partial charge in [-0.15, -0.1) is 23.2 Å². The number of likely N-dealkylation sites (tertiary alicyclic amines) is 1. The molecule has 230 valence electrons. The van der Waals surface area contributed by atoms with E-state index in [1.807, 2.05) is 0 Å². The minimum absolute atomic E-state index is 0.133. The van der Waals surface area contributed by atoms with E-state index < -0.39 is 57.0 Å². The van der Waals surface area contributed by atoms with Crippen LogP contribution >= 0.6 is 39.1 Å². The minimum atomic E-state index is -2.07. The van der Waals surface area contributed by atoms with Gasteiger partial charge in [-0.05, 0) is 49.9 Å². The van der Waals surface area contributed by atoms with Gasteiger partial charge in [0.25, 0.3) is 11.8 Å². The fourth-order valence-electron chi connectivity index (χ4n) is 7.38. The fourth-order valence-corrected chi connectivity index (χ4v) is 8.79. The number of imide groups is 2. The summed E-state index contributed by atoms with van der Waals surface area (Å²) in [7, 11) is 2.75. The van der Waals surface area contributed by atoms with Crippen molar-refractivity contribution in [1.29, 1.82) is 0 Å². The smallest absolute Gasteiger partial charge is 0.254 e. The summed E-state index contributed by atoms with van der Waals surface area (Å²) in [4.78, 5) is 65.6. The highest BCUT2D eigenvalue weighted by Crippen LogP contribution is 2.67. The molecule has 1 N–H and O–H groups in total. The van der Waals surface area contributed by atoms with Crippen LogP contribution in [0, 0.1) is 17.8 Å². The summed E-state index contributed by atoms with van der Waals surface area (Å²) in [5.41, 5.74) is 1.41. The molecule has 13 heteroatoms. The number of amides is 4. The number of anilines is 1. The highest BCUT2D eigenvalue weighted by atomic mass is 79.9. The third-order valence-corrected chi connectivity index (χ3v) is 11.3. The van der Waals surface area contributed by atoms with Crippen LogP contribution in [-0.4, -0.2) is 68.8 Å². The Hall–Kier alpha value is -3.41. The molecule has 4 amide bonds. The van der Waals surface area contributed by atoms with Gasteiger partial charge in [0.2, 0.25) is 11.8 Å². The number of allylic oxidation sites excluding steroid dienone is 2. The van der Waals surface area contributed by atoms with Crippen molar-refractivity contribution in [2.75, 3.05) is 24.6 Å². The zero-order valence-electron chi connectivity index (χ0n) is 23.8. The number of methoxy groups -OCH3 is 2. The standard InChI is InChI=1S/C31H27BrCl2N2O8/c1-14(37)15-4-6-16(7-5-15)36-26(39)19-9-8-18-20(23(19)27(36)40)12-30(33)28(41)35(13-32)29(42)31(30,34)25(18)24-21(43-2)10-17(38)11-22(24)44-3/h4-8,10-11,19-20,23,25,38H,9,12-13H2,1-3H3/t19-,20+,23-,25+,30+,31-/m0/s1. The highest BCUT2D eigenvalue weighted by Gasteiger charge is 2.76. The Kier molecular flexibility index (Phi) is 7.37. The first-order valence-electron chi connectivity index (χ1n) is 13.8. The number of halogens is 3. The van der Waals surface area contributed by atoms with Crippen molar-refractivity contribution < 1.29 is 38.6 Å². The number of fused-ring (bicyclic) bond motifs is 4. The number of aromatic hydroxyl groups is 1. The van der Waals surface area contributed by atoms with Crippen molar-refractivity contribution in [2.45, 2.75) is 35.4 Å². The molecule has 0 bridgehead atoms. The number of Topliss-reactive ketones (excluding diaryl/α,β-unsaturated/α-hetero) is 1. The van der Waals surface area contributed by atoms with Gasteiger partial charge in [0.05, 0.1) is 37.2 Å². The van der Waals surface area contributed by atoms with Gasteiger partial charge < -0.3 is 14.6 Å². The number of phenols is 1. The van der Waals surface area contributed by atoms with Gasteiger partial charge in [-0.2, -0.15) is 0 Å². The van der Waals surface area contributed by atoms with E-state index in [2.05, 4.69) is 15.9 Å². The summed E-state index contributed by atoms with van der Waals surface area (Å²) >= 11 is 17.8. The van der Waals surface area contributed by atoms with Crippen molar-refractivity contribution in [3.8, 4) is 17.2 Å².